The van der Waals surface area contributed by atoms with E-state index in [0.717, 1.165) is 22.0 Å². The number of benzene rings is 5. The second-order valence-electron chi connectivity index (χ2n) is 19.0. The van der Waals surface area contributed by atoms with Gasteiger partial charge >= 0.3 is 81.5 Å². The molecule has 0 saturated carbocycles. The number of anilines is 1. The normalized spacial score (nSPS) is 11.1. The Morgan fingerprint density at radius 2 is 0.938 bits per heavy atom. The van der Waals surface area contributed by atoms with Gasteiger partial charge in [-0.1, -0.05) is 90.1 Å². The molecule has 0 aliphatic rings. The van der Waals surface area contributed by atoms with Gasteiger partial charge in [-0.25, -0.2) is 4.79 Å². The third kappa shape index (κ3) is 30.1. The van der Waals surface area contributed by atoms with Crippen LogP contribution in [0.25, 0.3) is 0 Å². The number of nitrogens with one attached hydrogen (secondary N) is 1. The van der Waals surface area contributed by atoms with Crippen LogP contribution < -0.4 is 89.2 Å². The number of hydrogen-bond donors (Lipinski definition) is 7. The minimum atomic E-state index is -3.94. The zero-order chi connectivity index (χ0) is 79.4. The number of nitro benzene ring substituents is 1. The number of aromatic carboxylic acids is 1. The quantitative estimate of drug-likeness (QED) is 0.0189. The van der Waals surface area contributed by atoms with E-state index in [1.165, 1.54) is 123 Å². The topological polar surface area (TPSA) is 416 Å². The molecule has 0 aliphatic carbocycles. The molecule has 0 radical (unpaired) electrons. The summed E-state index contributed by atoms with van der Waals surface area (Å²) in [5.74, 6) is -2.47. The molecule has 25 nitrogen and oxygen atoms in total. The second-order valence-corrected chi connectivity index (χ2v) is 19.6. The van der Waals surface area contributed by atoms with Gasteiger partial charge in [-0.15, -0.1) is 23.8 Å². The molecular weight excluding hydrogens is 1760 g/mol. The molecule has 9 rings (SSSR count). The maximum absolute atomic E-state index is 12.5. The van der Waals surface area contributed by atoms with Gasteiger partial charge in [0.05, 0.1) is 57.5 Å². The van der Waals surface area contributed by atoms with Gasteiger partial charge in [0.1, 0.15) is 43.4 Å². The van der Waals surface area contributed by atoms with Crippen LogP contribution in [0, 0.1) is 17.0 Å². The van der Waals surface area contributed by atoms with Crippen LogP contribution in [0.5, 0.6) is 23.0 Å². The second kappa shape index (κ2) is 44.5. The Hall–Kier alpha value is -9.14. The number of carboxylic acids is 1. The van der Waals surface area contributed by atoms with E-state index in [1.807, 2.05) is 30.3 Å². The molecule has 4 heterocycles. The van der Waals surface area contributed by atoms with Gasteiger partial charge < -0.3 is 52.7 Å². The first-order valence-electron chi connectivity index (χ1n) is 30.5. The van der Waals surface area contributed by atoms with Crippen molar-refractivity contribution in [1.29, 1.82) is 5.94 Å². The molecule has 0 fully saturated rings. The molecule has 0 bridgehead atoms. The number of nitrogens with two attached hydrogens (primary N) is 4. The summed E-state index contributed by atoms with van der Waals surface area (Å²) >= 11 is -2.63. The van der Waals surface area contributed by atoms with Gasteiger partial charge in [-0.2, -0.15) is 0 Å². The molecular formula is C66H73BrI4N10O15-2. The van der Waals surface area contributed by atoms with Crippen LogP contribution >= 0.6 is 63.1 Å². The summed E-state index contributed by atoms with van der Waals surface area (Å²) in [5, 5.41) is 32.2. The molecule has 11 N–H and O–H groups in total. The van der Waals surface area contributed by atoms with Gasteiger partial charge in [-0.05, 0) is 110 Å². The van der Waals surface area contributed by atoms with Crippen LogP contribution in [-0.2, 0) is 25.2 Å². The van der Waals surface area contributed by atoms with Crippen molar-refractivity contribution < 1.29 is 114 Å². The van der Waals surface area contributed by atoms with Gasteiger partial charge in [-0.3, -0.25) is 63.6 Å². The van der Waals surface area contributed by atoms with E-state index in [2.05, 4.69) is 41.2 Å². The number of ketones is 2. The molecule has 0 saturated heterocycles. The number of amides is 5. The van der Waals surface area contributed by atoms with Crippen molar-refractivity contribution in [3.63, 3.8) is 0 Å². The fraction of sp³-hybridized carbons (Fsp3) is 0.121. The molecule has 5 amide bonds. The first-order valence-corrected chi connectivity index (χ1v) is 27.8. The average Bonchev–Trinajstić information content (AvgIpc) is 0.847. The third-order valence-corrected chi connectivity index (χ3v) is 12.7. The number of aromatic nitrogens is 4. The van der Waals surface area contributed by atoms with Crippen LogP contribution in [-0.4, -0.2) is 88.1 Å². The monoisotopic (exact) mass is 1840 g/mol. The summed E-state index contributed by atoms with van der Waals surface area (Å²) < 4.78 is 77.0. The zero-order valence-corrected chi connectivity index (χ0v) is 60.6. The van der Waals surface area contributed by atoms with Gasteiger partial charge in [0, 0.05) is 64.1 Å². The number of hydrogen-bond acceptors (Lipinski definition) is 18. The molecule has 96 heavy (non-hydrogen) atoms. The number of pyridine rings is 4. The fourth-order valence-electron chi connectivity index (χ4n) is 7.40. The predicted octanol–water partition coefficient (Wildman–Crippen LogP) is 3.06. The first kappa shape index (κ1) is 69.7. The van der Waals surface area contributed by atoms with Crippen LogP contribution in [0.15, 0.2) is 189 Å². The van der Waals surface area contributed by atoms with E-state index in [-0.39, 0.29) is 72.5 Å². The minimum absolute atomic E-state index is 0. The molecule has 0 atom stereocenters. The summed E-state index contributed by atoms with van der Waals surface area (Å²) in [6, 6.07) is 38.2. The van der Waals surface area contributed by atoms with E-state index < -0.39 is 111 Å². The number of aryl methyl sites for hydroxylation is 1. The number of Topliss-reactive ketones (excluding diaryl/α,β-unsaturated/α-hetero) is 2. The van der Waals surface area contributed by atoms with Crippen molar-refractivity contribution >= 4 is 122 Å². The van der Waals surface area contributed by atoms with Crippen molar-refractivity contribution in [3.05, 3.63) is 272 Å². The van der Waals surface area contributed by atoms with Crippen molar-refractivity contribution in [2.45, 2.75) is 53.3 Å². The van der Waals surface area contributed by atoms with Gasteiger partial charge in [0.2, 0.25) is 23.6 Å². The van der Waals surface area contributed by atoms with Crippen LogP contribution in [0.2, 0.25) is 0 Å². The summed E-state index contributed by atoms with van der Waals surface area (Å²) in [6.45, 7) is 5.31. The average molecular weight is 1840 g/mol. The number of aromatic hydroxyl groups is 1. The molecule has 9 aromatic rings. The molecule has 0 aliphatic heterocycles. The summed E-state index contributed by atoms with van der Waals surface area (Å²) in [7, 11) is 0. The van der Waals surface area contributed by atoms with E-state index in [1.54, 1.807) is 80.6 Å². The van der Waals surface area contributed by atoms with E-state index in [4.69, 9.17) is 53.3 Å². The molecule has 514 valence electrons. The molecule has 30 heteroatoms. The Kier molecular flexibility index (Phi) is 32.3. The Bertz CT molecular complexity index is 4120. The number of carbonyl (C=O) groups is 8. The van der Waals surface area contributed by atoms with Crippen LogP contribution in [0.3, 0.4) is 0 Å². The summed E-state index contributed by atoms with van der Waals surface area (Å²) in [4.78, 5) is 115. The number of carboxylic acid groups (broad SMARTS) is 1. The molecule has 0 spiro atoms. The number of nitro groups is 1. The number of rotatable bonds is 20. The number of nitrogens with zero attached hydrogens (tertiary/aromatic N) is 5. The van der Waals surface area contributed by atoms with Crippen molar-refractivity contribution in [1.82, 2.24) is 19.9 Å². The third-order valence-electron chi connectivity index (χ3n) is 12.1. The van der Waals surface area contributed by atoms with Crippen molar-refractivity contribution in [3.8, 4) is 23.0 Å². The SMILES string of the molecule is C.CC(=O)c1cccc(CBr)c1.CC(=O)c1cccc(COc2cncc(C(N)=O)c2)c1.Cc1ccc(NC(=O)c2cccc(COc3cncc(C(N)=O)c3)c2)cc1[N+](=O)[O-].NC(=O)c1cncc(O)c1.NC(=O)c1cncc(OCc2cccc(C(=O)O)c2)c1.[2H]I.[2H]I([2H])[2H].[2H][I-]([2H])([2H])[2H].[2H][I-][2H]. The van der Waals surface area contributed by atoms with Gasteiger partial charge in [0.25, 0.3) is 11.6 Å². The number of alkyl halides is 1. The predicted molar refractivity (Wildman–Crippen MR) is 386 cm³/mol. The van der Waals surface area contributed by atoms with E-state index >= 15 is 0 Å². The Labute approximate surface area is 632 Å². The van der Waals surface area contributed by atoms with Crippen molar-refractivity contribution in [2.24, 2.45) is 22.9 Å². The fourth-order valence-corrected chi connectivity index (χ4v) is 7.75. The van der Waals surface area contributed by atoms with E-state index in [0.29, 0.717) is 56.3 Å². The Morgan fingerprint density at radius 3 is 1.29 bits per heavy atom. The summed E-state index contributed by atoms with van der Waals surface area (Å²) in [5.41, 5.74) is 27.6. The summed E-state index contributed by atoms with van der Waals surface area (Å²) in [6.07, 6.45) is 11.0. The van der Waals surface area contributed by atoms with Crippen LogP contribution in [0.4, 0.5) is 11.4 Å². The molecule has 5 aromatic carbocycles. The number of ether oxygens (including phenoxy) is 3. The van der Waals surface area contributed by atoms with Crippen molar-refractivity contribution in [2.75, 3.05) is 5.32 Å². The maximum atomic E-state index is 12.5. The number of primary amides is 4. The van der Waals surface area contributed by atoms with E-state index in [9.17, 15) is 48.5 Å². The zero-order valence-electron chi connectivity index (χ0n) is 60.4. The molecule has 0 unspecified atom stereocenters. The Balaban J connectivity index is 0.00000129. The Morgan fingerprint density at radius 1 is 0.594 bits per heavy atom. The number of carbonyl (C=O) groups excluding carboxylic acids is 7. The number of halogens is 5. The molecule has 4 aromatic heterocycles. The van der Waals surface area contributed by atoms with Crippen LogP contribution in [0.1, 0.15) is 132 Å². The standard InChI is InChI=1S/C21H18N4O5.C15H14N2O3.C14H12N2O4.C9H9BrO.C6H6N2O2.CH4.H4I.H3I.H2I.HI/c1-13-5-6-17(9-19(13)25(28)29)24-21(27)15-4-2-3-14(7-15)12-30-18-8-16(20(22)26)10-23-11-18;1-10(18)12-4-2-3-11(5-12)9-20-14-6-13(15(16)19)7-17-8-14;15-13(17)11-5-12(7-16-6-11)20-8-9-2-1-3-10(4-9)14(18)19;1-7(11)9-4-2-3-8(5-9)6-10;7-6(10)4-1-5(9)3-8-2-4;;;;;/h2-11H,12H2,1H3,(H2,22,26)(H,24,27);2-8H,9H2,1H3,(H2,16,19);1-7H,8H2,(H2,15,17)(H,18,19);2-5H,6H2,1H3;1-3,9H,(H2,7,10);2*1H4;1H3;1H2;1H/q;;;;;;-1;;-1;/i;;;;;;1D4;1D3;1D2;/hD. The van der Waals surface area contributed by atoms with Gasteiger partial charge in [0.15, 0.2) is 11.6 Å². The first-order chi connectivity index (χ1) is 49.5.